The molecular formula is C14H17Cl2NO3S. The molecule has 7 heteroatoms. The van der Waals surface area contributed by atoms with E-state index in [1.807, 2.05) is 0 Å². The van der Waals surface area contributed by atoms with Gasteiger partial charge >= 0.3 is 5.97 Å². The number of carboxylic acids is 1. The fraction of sp³-hybridized carbons (Fsp3) is 0.429. The number of carbonyl (C=O) groups excluding carboxylic acids is 1. The van der Waals surface area contributed by atoms with Crippen molar-refractivity contribution in [2.24, 2.45) is 0 Å². The van der Waals surface area contributed by atoms with E-state index in [-0.39, 0.29) is 24.1 Å². The summed E-state index contributed by atoms with van der Waals surface area (Å²) in [7, 11) is 0. The van der Waals surface area contributed by atoms with E-state index in [0.717, 1.165) is 5.75 Å². The zero-order chi connectivity index (χ0) is 15.7. The maximum Gasteiger partial charge on any atom is 0.307 e. The molecule has 0 aliphatic heterocycles. The van der Waals surface area contributed by atoms with E-state index >= 15 is 0 Å². The molecule has 116 valence electrons. The Morgan fingerprint density at radius 1 is 1.29 bits per heavy atom. The van der Waals surface area contributed by atoms with Gasteiger partial charge in [0.25, 0.3) is 0 Å². The first-order valence-corrected chi connectivity index (χ1v) is 8.52. The molecule has 0 spiro atoms. The first-order chi connectivity index (χ1) is 10.0. The van der Waals surface area contributed by atoms with Crippen LogP contribution >= 0.6 is 35.0 Å². The van der Waals surface area contributed by atoms with Crippen molar-refractivity contribution in [1.82, 2.24) is 0 Å². The van der Waals surface area contributed by atoms with Crippen LogP contribution in [0.3, 0.4) is 0 Å². The van der Waals surface area contributed by atoms with Crippen LogP contribution in [-0.4, -0.2) is 39.7 Å². The highest BCUT2D eigenvalue weighted by Gasteiger charge is 2.11. The molecule has 0 fully saturated rings. The SMILES string of the molecule is O=C(O)Cc1ccc(NC(=O)CC(Cl)CSCCCl)cc1. The second-order valence-corrected chi connectivity index (χ2v) is 6.53. The molecule has 4 nitrogen and oxygen atoms in total. The van der Waals surface area contributed by atoms with Crippen molar-refractivity contribution in [3.05, 3.63) is 29.8 Å². The summed E-state index contributed by atoms with van der Waals surface area (Å²) in [6.45, 7) is 0. The number of aliphatic carboxylic acids is 1. The Kier molecular flexibility index (Phi) is 8.57. The minimum Gasteiger partial charge on any atom is -0.481 e. The number of anilines is 1. The maximum atomic E-state index is 11.8. The first-order valence-electron chi connectivity index (χ1n) is 6.39. The summed E-state index contributed by atoms with van der Waals surface area (Å²) in [5.41, 5.74) is 1.32. The van der Waals surface area contributed by atoms with Gasteiger partial charge in [0.15, 0.2) is 0 Å². The fourth-order valence-corrected chi connectivity index (χ4v) is 3.00. The molecular weight excluding hydrogens is 333 g/mol. The average Bonchev–Trinajstić information content (AvgIpc) is 2.40. The van der Waals surface area contributed by atoms with Gasteiger partial charge in [-0.2, -0.15) is 11.8 Å². The van der Waals surface area contributed by atoms with Gasteiger partial charge in [-0.1, -0.05) is 12.1 Å². The van der Waals surface area contributed by atoms with Gasteiger partial charge in [-0.25, -0.2) is 0 Å². The lowest BCUT2D eigenvalue weighted by Gasteiger charge is -2.10. The van der Waals surface area contributed by atoms with Gasteiger partial charge < -0.3 is 10.4 Å². The Morgan fingerprint density at radius 2 is 1.95 bits per heavy atom. The summed E-state index contributed by atoms with van der Waals surface area (Å²) in [6.07, 6.45) is 0.198. The highest BCUT2D eigenvalue weighted by atomic mass is 35.5. The summed E-state index contributed by atoms with van der Waals surface area (Å²) in [6, 6.07) is 6.72. The van der Waals surface area contributed by atoms with E-state index in [0.29, 0.717) is 22.9 Å². The lowest BCUT2D eigenvalue weighted by Crippen LogP contribution is -2.18. The number of nitrogens with one attached hydrogen (secondary N) is 1. The largest absolute Gasteiger partial charge is 0.481 e. The first kappa shape index (κ1) is 18.1. The summed E-state index contributed by atoms with van der Waals surface area (Å²) < 4.78 is 0. The molecule has 1 unspecified atom stereocenters. The Balaban J connectivity index is 2.38. The number of amides is 1. The number of hydrogen-bond acceptors (Lipinski definition) is 3. The molecule has 0 aliphatic carbocycles. The van der Waals surface area contributed by atoms with Gasteiger partial charge in [-0.05, 0) is 17.7 Å². The molecule has 1 amide bonds. The quantitative estimate of drug-likeness (QED) is 0.530. The molecule has 1 atom stereocenters. The maximum absolute atomic E-state index is 11.8. The molecule has 1 rings (SSSR count). The highest BCUT2D eigenvalue weighted by molar-refractivity contribution is 7.99. The van der Waals surface area contributed by atoms with Crippen molar-refractivity contribution >= 4 is 52.5 Å². The lowest BCUT2D eigenvalue weighted by atomic mass is 10.1. The zero-order valence-electron chi connectivity index (χ0n) is 11.4. The molecule has 0 saturated heterocycles. The minimum atomic E-state index is -0.883. The van der Waals surface area contributed by atoms with Crippen molar-refractivity contribution < 1.29 is 14.7 Å². The highest BCUT2D eigenvalue weighted by Crippen LogP contribution is 2.14. The average molecular weight is 350 g/mol. The topological polar surface area (TPSA) is 66.4 Å². The molecule has 2 N–H and O–H groups in total. The van der Waals surface area contributed by atoms with E-state index < -0.39 is 5.97 Å². The Morgan fingerprint density at radius 3 is 2.52 bits per heavy atom. The third kappa shape index (κ3) is 8.19. The second kappa shape index (κ2) is 9.92. The number of carboxylic acid groups (broad SMARTS) is 1. The number of carbonyl (C=O) groups is 2. The molecule has 0 aliphatic rings. The molecule has 0 radical (unpaired) electrons. The van der Waals surface area contributed by atoms with E-state index in [9.17, 15) is 9.59 Å². The smallest absolute Gasteiger partial charge is 0.307 e. The van der Waals surface area contributed by atoms with Gasteiger partial charge in [0.1, 0.15) is 0 Å². The standard InChI is InChI=1S/C14H17Cl2NO3S/c15-5-6-21-9-11(16)8-13(18)17-12-3-1-10(2-4-12)7-14(19)20/h1-4,11H,5-9H2,(H,17,18)(H,19,20). The van der Waals surface area contributed by atoms with Crippen LogP contribution in [0.2, 0.25) is 0 Å². The summed E-state index contributed by atoms with van der Waals surface area (Å²) in [5, 5.41) is 11.2. The summed E-state index contributed by atoms with van der Waals surface area (Å²) in [4.78, 5) is 22.4. The molecule has 1 aromatic carbocycles. The molecule has 0 saturated carbocycles. The van der Waals surface area contributed by atoms with Crippen molar-refractivity contribution in [3.8, 4) is 0 Å². The van der Waals surface area contributed by atoms with Gasteiger partial charge in [-0.15, -0.1) is 23.2 Å². The lowest BCUT2D eigenvalue weighted by molar-refractivity contribution is -0.136. The van der Waals surface area contributed by atoms with Crippen LogP contribution < -0.4 is 5.32 Å². The number of halogens is 2. The van der Waals surface area contributed by atoms with Crippen LogP contribution in [0.5, 0.6) is 0 Å². The van der Waals surface area contributed by atoms with Crippen LogP contribution in [-0.2, 0) is 16.0 Å². The van der Waals surface area contributed by atoms with Crippen LogP contribution in [0.25, 0.3) is 0 Å². The van der Waals surface area contributed by atoms with Crippen LogP contribution in [0.1, 0.15) is 12.0 Å². The summed E-state index contributed by atoms with van der Waals surface area (Å²) in [5.74, 6) is 1.03. The van der Waals surface area contributed by atoms with E-state index in [1.165, 1.54) is 0 Å². The Labute approximate surface area is 138 Å². The molecule has 0 aromatic heterocycles. The van der Waals surface area contributed by atoms with Gasteiger partial charge in [0.05, 0.1) is 11.8 Å². The van der Waals surface area contributed by atoms with Crippen molar-refractivity contribution in [2.75, 3.05) is 22.7 Å². The monoisotopic (exact) mass is 349 g/mol. The second-order valence-electron chi connectivity index (χ2n) is 4.38. The molecule has 1 aromatic rings. The Bertz CT molecular complexity index is 468. The van der Waals surface area contributed by atoms with Crippen molar-refractivity contribution in [2.45, 2.75) is 18.2 Å². The van der Waals surface area contributed by atoms with Crippen molar-refractivity contribution in [1.29, 1.82) is 0 Å². The van der Waals surface area contributed by atoms with Crippen LogP contribution in [0, 0.1) is 0 Å². The van der Waals surface area contributed by atoms with Crippen LogP contribution in [0.4, 0.5) is 5.69 Å². The number of rotatable bonds is 9. The third-order valence-electron chi connectivity index (χ3n) is 2.52. The van der Waals surface area contributed by atoms with Gasteiger partial charge in [-0.3, -0.25) is 9.59 Å². The Hall–Kier alpha value is -0.910. The predicted molar refractivity (Wildman–Crippen MR) is 88.7 cm³/mol. The fourth-order valence-electron chi connectivity index (χ4n) is 1.62. The minimum absolute atomic E-state index is 0.0320. The molecule has 0 heterocycles. The van der Waals surface area contributed by atoms with E-state index in [1.54, 1.807) is 36.0 Å². The predicted octanol–water partition coefficient (Wildman–Crippen LogP) is 3.22. The zero-order valence-corrected chi connectivity index (χ0v) is 13.7. The normalized spacial score (nSPS) is 11.9. The van der Waals surface area contributed by atoms with Crippen molar-refractivity contribution in [3.63, 3.8) is 0 Å². The number of thioether (sulfide) groups is 1. The number of hydrogen-bond donors (Lipinski definition) is 2. The van der Waals surface area contributed by atoms with Gasteiger partial charge in [0, 0.05) is 29.5 Å². The van der Waals surface area contributed by atoms with Gasteiger partial charge in [0.2, 0.25) is 5.91 Å². The molecule has 0 bridgehead atoms. The van der Waals surface area contributed by atoms with Crippen LogP contribution in [0.15, 0.2) is 24.3 Å². The summed E-state index contributed by atoms with van der Waals surface area (Å²) >= 11 is 13.3. The number of alkyl halides is 2. The molecule has 21 heavy (non-hydrogen) atoms. The third-order valence-corrected chi connectivity index (χ3v) is 4.56. The number of benzene rings is 1. The van der Waals surface area contributed by atoms with E-state index in [2.05, 4.69) is 5.32 Å². The van der Waals surface area contributed by atoms with E-state index in [4.69, 9.17) is 28.3 Å².